The number of rotatable bonds is 3. The molecule has 3 heterocycles. The van der Waals surface area contributed by atoms with Crippen LogP contribution in [0.2, 0.25) is 0 Å². The number of aromatic nitrogens is 3. The lowest BCUT2D eigenvalue weighted by Crippen LogP contribution is -1.98. The predicted octanol–water partition coefficient (Wildman–Crippen LogP) is 11.6. The van der Waals surface area contributed by atoms with Crippen LogP contribution in [-0.4, -0.2) is 14.5 Å². The minimum atomic E-state index is 0.870. The van der Waals surface area contributed by atoms with Gasteiger partial charge in [-0.2, -0.15) is 0 Å². The summed E-state index contributed by atoms with van der Waals surface area (Å²) in [7, 11) is 0. The van der Waals surface area contributed by atoms with Crippen LogP contribution in [0.3, 0.4) is 0 Å². The van der Waals surface area contributed by atoms with Gasteiger partial charge in [0, 0.05) is 47.8 Å². The Balaban J connectivity index is 1.29. The summed E-state index contributed by atoms with van der Waals surface area (Å²) in [5.74, 6) is 0. The molecule has 0 aliphatic carbocycles. The van der Waals surface area contributed by atoms with Gasteiger partial charge in [-0.25, -0.2) is 9.97 Å². The first-order valence-corrected chi connectivity index (χ1v) is 16.3. The molecular weight excluding hydrogens is 579 g/mol. The van der Waals surface area contributed by atoms with E-state index in [0.717, 1.165) is 39.2 Å². The molecular formula is C42H25N3S. The summed E-state index contributed by atoms with van der Waals surface area (Å²) >= 11 is 1.86. The summed E-state index contributed by atoms with van der Waals surface area (Å²) in [6.45, 7) is 0. The van der Waals surface area contributed by atoms with Gasteiger partial charge in [0.2, 0.25) is 0 Å². The van der Waals surface area contributed by atoms with E-state index in [4.69, 9.17) is 9.97 Å². The van der Waals surface area contributed by atoms with E-state index >= 15 is 0 Å². The second kappa shape index (κ2) is 9.83. The number of nitrogens with zero attached hydrogens (tertiary/aromatic N) is 3. The van der Waals surface area contributed by atoms with Crippen molar-refractivity contribution in [2.24, 2.45) is 0 Å². The van der Waals surface area contributed by atoms with Crippen molar-refractivity contribution >= 4 is 75.1 Å². The van der Waals surface area contributed by atoms with Crippen molar-refractivity contribution in [1.82, 2.24) is 14.5 Å². The van der Waals surface area contributed by atoms with E-state index in [0.29, 0.717) is 0 Å². The van der Waals surface area contributed by atoms with Gasteiger partial charge in [-0.15, -0.1) is 11.3 Å². The van der Waals surface area contributed by atoms with Crippen molar-refractivity contribution < 1.29 is 0 Å². The summed E-state index contributed by atoms with van der Waals surface area (Å²) in [5, 5.41) is 7.68. The third-order valence-corrected chi connectivity index (χ3v) is 10.3. The van der Waals surface area contributed by atoms with E-state index in [1.165, 1.54) is 52.8 Å². The Bertz CT molecular complexity index is 2790. The van der Waals surface area contributed by atoms with Crippen LogP contribution in [0, 0.1) is 0 Å². The number of fused-ring (bicyclic) bond motifs is 9. The largest absolute Gasteiger partial charge is 0.309 e. The fourth-order valence-corrected chi connectivity index (χ4v) is 8.18. The number of hydrogen-bond donors (Lipinski definition) is 0. The maximum atomic E-state index is 5.31. The molecule has 0 fully saturated rings. The normalized spacial score (nSPS) is 11.9. The molecule has 0 saturated carbocycles. The number of thiophene rings is 1. The molecule has 0 radical (unpaired) electrons. The Morgan fingerprint density at radius 3 is 1.89 bits per heavy atom. The van der Waals surface area contributed by atoms with Crippen molar-refractivity contribution in [3.63, 3.8) is 0 Å². The lowest BCUT2D eigenvalue weighted by atomic mass is 10.0. The summed E-state index contributed by atoms with van der Waals surface area (Å²) in [4.78, 5) is 10.5. The maximum absolute atomic E-state index is 5.31. The number of hydrogen-bond acceptors (Lipinski definition) is 3. The monoisotopic (exact) mass is 603 g/mol. The van der Waals surface area contributed by atoms with Gasteiger partial charge in [0.05, 0.1) is 33.5 Å². The number of benzene rings is 7. The first kappa shape index (κ1) is 25.5. The standard InChI is InChI=1S/C42H25N3S/c1-3-12-27(13-4-1)41-42(28-14-5-2-6-15-28)44-35-23-29(20-21-34(35)43-41)45-36-22-19-26-11-7-8-16-30(26)40(36)33-24-32-31-17-9-10-18-38(31)46-39(32)25-37(33)45/h1-25H. The minimum Gasteiger partial charge on any atom is -0.309 e. The highest BCUT2D eigenvalue weighted by atomic mass is 32.1. The molecule has 10 rings (SSSR count). The average molecular weight is 604 g/mol. The molecule has 0 N–H and O–H groups in total. The zero-order valence-corrected chi connectivity index (χ0v) is 25.5. The zero-order chi connectivity index (χ0) is 30.2. The van der Waals surface area contributed by atoms with E-state index in [1.54, 1.807) is 0 Å². The predicted molar refractivity (Wildman–Crippen MR) is 195 cm³/mol. The Morgan fingerprint density at radius 2 is 1.11 bits per heavy atom. The van der Waals surface area contributed by atoms with Gasteiger partial charge >= 0.3 is 0 Å². The molecule has 0 unspecified atom stereocenters. The van der Waals surface area contributed by atoms with Gasteiger partial charge in [0.1, 0.15) is 0 Å². The van der Waals surface area contributed by atoms with Crippen LogP contribution in [0.15, 0.2) is 152 Å². The van der Waals surface area contributed by atoms with Crippen LogP contribution in [0.1, 0.15) is 0 Å². The lowest BCUT2D eigenvalue weighted by molar-refractivity contribution is 1.18. The van der Waals surface area contributed by atoms with Gasteiger partial charge in [-0.05, 0) is 53.2 Å². The fourth-order valence-electron chi connectivity index (χ4n) is 7.06. The Kier molecular flexibility index (Phi) is 5.45. The van der Waals surface area contributed by atoms with E-state index in [2.05, 4.69) is 144 Å². The van der Waals surface area contributed by atoms with Gasteiger partial charge in [0.25, 0.3) is 0 Å². The lowest BCUT2D eigenvalue weighted by Gasteiger charge is -2.13. The maximum Gasteiger partial charge on any atom is 0.0973 e. The average Bonchev–Trinajstić information content (AvgIpc) is 3.65. The molecule has 10 aromatic rings. The summed E-state index contributed by atoms with van der Waals surface area (Å²) in [6, 6.07) is 54.0. The highest BCUT2D eigenvalue weighted by Crippen LogP contribution is 2.43. The minimum absolute atomic E-state index is 0.870. The van der Waals surface area contributed by atoms with Crippen LogP contribution < -0.4 is 0 Å². The van der Waals surface area contributed by atoms with Crippen LogP contribution in [0.4, 0.5) is 0 Å². The molecule has 214 valence electrons. The Morgan fingerprint density at radius 1 is 0.435 bits per heavy atom. The molecule has 0 aliphatic rings. The first-order valence-electron chi connectivity index (χ1n) is 15.5. The smallest absolute Gasteiger partial charge is 0.0973 e. The third-order valence-electron chi connectivity index (χ3n) is 9.15. The molecule has 0 aliphatic heterocycles. The fraction of sp³-hybridized carbons (Fsp3) is 0. The first-order chi connectivity index (χ1) is 22.8. The highest BCUT2D eigenvalue weighted by molar-refractivity contribution is 7.25. The van der Waals surface area contributed by atoms with E-state index in [9.17, 15) is 0 Å². The zero-order valence-electron chi connectivity index (χ0n) is 24.7. The van der Waals surface area contributed by atoms with Gasteiger partial charge in [0.15, 0.2) is 0 Å². The topological polar surface area (TPSA) is 30.7 Å². The van der Waals surface area contributed by atoms with E-state index in [-0.39, 0.29) is 0 Å². The second-order valence-electron chi connectivity index (χ2n) is 11.8. The Labute approximate surface area is 268 Å². The third kappa shape index (κ3) is 3.77. The molecule has 0 bridgehead atoms. The van der Waals surface area contributed by atoms with Crippen LogP contribution >= 0.6 is 11.3 Å². The van der Waals surface area contributed by atoms with Crippen LogP contribution in [-0.2, 0) is 0 Å². The van der Waals surface area contributed by atoms with Crippen LogP contribution in [0.25, 0.3) is 92.0 Å². The molecule has 0 amide bonds. The molecule has 46 heavy (non-hydrogen) atoms. The van der Waals surface area contributed by atoms with Crippen LogP contribution in [0.5, 0.6) is 0 Å². The summed E-state index contributed by atoms with van der Waals surface area (Å²) in [5.41, 5.74) is 9.09. The van der Waals surface area contributed by atoms with Gasteiger partial charge in [-0.1, -0.05) is 109 Å². The van der Waals surface area contributed by atoms with Gasteiger partial charge in [-0.3, -0.25) is 0 Å². The molecule has 0 saturated heterocycles. The molecule has 0 spiro atoms. The molecule has 7 aromatic carbocycles. The molecule has 4 heteroatoms. The SMILES string of the molecule is c1ccc(-c2nc3ccc(-n4c5cc6sc7ccccc7c6cc5c5c6ccccc6ccc54)cc3nc2-c2ccccc2)cc1. The van der Waals surface area contributed by atoms with Crippen molar-refractivity contribution in [3.05, 3.63) is 152 Å². The second-order valence-corrected chi connectivity index (χ2v) is 12.9. The highest BCUT2D eigenvalue weighted by Gasteiger charge is 2.19. The quantitative estimate of drug-likeness (QED) is 0.201. The molecule has 0 atom stereocenters. The molecule has 3 nitrogen and oxygen atoms in total. The van der Waals surface area contributed by atoms with Crippen molar-refractivity contribution in [2.75, 3.05) is 0 Å². The van der Waals surface area contributed by atoms with E-state index < -0.39 is 0 Å². The summed E-state index contributed by atoms with van der Waals surface area (Å²) in [6.07, 6.45) is 0. The van der Waals surface area contributed by atoms with Gasteiger partial charge < -0.3 is 4.57 Å². The van der Waals surface area contributed by atoms with Crippen molar-refractivity contribution in [3.8, 4) is 28.2 Å². The van der Waals surface area contributed by atoms with Crippen molar-refractivity contribution in [2.45, 2.75) is 0 Å². The van der Waals surface area contributed by atoms with E-state index in [1.807, 2.05) is 23.5 Å². The van der Waals surface area contributed by atoms with Crippen molar-refractivity contribution in [1.29, 1.82) is 0 Å². The Hall–Kier alpha value is -5.84. The molecule has 3 aromatic heterocycles. The summed E-state index contributed by atoms with van der Waals surface area (Å²) < 4.78 is 5.02.